The number of aliphatic hydroxyl groups excluding tert-OH is 1. The number of halogens is 1. The average molecular weight is 282 g/mol. The third kappa shape index (κ3) is 3.04. The van der Waals surface area contributed by atoms with E-state index in [0.29, 0.717) is 23.7 Å². The Labute approximate surface area is 119 Å². The Kier molecular flexibility index (Phi) is 3.96. The van der Waals surface area contributed by atoms with Crippen molar-refractivity contribution >= 4 is 11.6 Å². The van der Waals surface area contributed by atoms with Gasteiger partial charge in [-0.25, -0.2) is 0 Å². The molecule has 2 aliphatic rings. The van der Waals surface area contributed by atoms with E-state index < -0.39 is 0 Å². The zero-order valence-corrected chi connectivity index (χ0v) is 11.7. The van der Waals surface area contributed by atoms with Crippen LogP contribution in [0.3, 0.4) is 0 Å². The van der Waals surface area contributed by atoms with Crippen molar-refractivity contribution in [1.29, 1.82) is 0 Å². The van der Waals surface area contributed by atoms with Crippen LogP contribution >= 0.6 is 11.6 Å². The minimum atomic E-state index is -0.0948. The van der Waals surface area contributed by atoms with Crippen LogP contribution in [0.5, 0.6) is 5.75 Å². The number of benzene rings is 1. The van der Waals surface area contributed by atoms with Crippen LogP contribution in [0.1, 0.15) is 25.7 Å². The van der Waals surface area contributed by atoms with E-state index in [-0.39, 0.29) is 6.10 Å². The summed E-state index contributed by atoms with van der Waals surface area (Å²) in [5, 5.41) is 10.5. The summed E-state index contributed by atoms with van der Waals surface area (Å²) in [5.41, 5.74) is 0. The summed E-state index contributed by atoms with van der Waals surface area (Å²) in [6.07, 6.45) is 4.20. The molecule has 2 atom stereocenters. The van der Waals surface area contributed by atoms with E-state index >= 15 is 0 Å². The molecule has 0 aromatic heterocycles. The number of ether oxygens (including phenoxy) is 1. The number of piperidine rings is 1. The SMILES string of the molecule is OC1CC2CCC(C1)N2CCOc1cccc(Cl)c1. The molecule has 0 aliphatic carbocycles. The molecular weight excluding hydrogens is 262 g/mol. The van der Waals surface area contributed by atoms with Crippen molar-refractivity contribution in [1.82, 2.24) is 4.90 Å². The maximum Gasteiger partial charge on any atom is 0.120 e. The van der Waals surface area contributed by atoms with E-state index in [4.69, 9.17) is 16.3 Å². The van der Waals surface area contributed by atoms with E-state index in [9.17, 15) is 5.11 Å². The largest absolute Gasteiger partial charge is 0.492 e. The lowest BCUT2D eigenvalue weighted by atomic mass is 10.0. The van der Waals surface area contributed by atoms with Crippen molar-refractivity contribution in [2.75, 3.05) is 13.2 Å². The van der Waals surface area contributed by atoms with Crippen molar-refractivity contribution < 1.29 is 9.84 Å². The first-order chi connectivity index (χ1) is 9.22. The molecule has 2 saturated heterocycles. The van der Waals surface area contributed by atoms with Gasteiger partial charge in [-0.2, -0.15) is 0 Å². The van der Waals surface area contributed by atoms with Crippen LogP contribution in [0.25, 0.3) is 0 Å². The standard InChI is InChI=1S/C15H20ClNO2/c16-11-2-1-3-15(8-11)19-7-6-17-12-4-5-13(17)10-14(18)9-12/h1-3,8,12-14,18H,4-7,9-10H2. The van der Waals surface area contributed by atoms with Crippen molar-refractivity contribution in [3.63, 3.8) is 0 Å². The first-order valence-electron chi connectivity index (χ1n) is 7.04. The Morgan fingerprint density at radius 1 is 1.26 bits per heavy atom. The van der Waals surface area contributed by atoms with E-state index in [1.165, 1.54) is 12.8 Å². The number of hydrogen-bond donors (Lipinski definition) is 1. The molecule has 1 aromatic carbocycles. The molecule has 2 unspecified atom stereocenters. The molecule has 0 amide bonds. The topological polar surface area (TPSA) is 32.7 Å². The molecule has 1 aromatic rings. The molecule has 0 radical (unpaired) electrons. The molecule has 0 saturated carbocycles. The second kappa shape index (κ2) is 5.70. The minimum absolute atomic E-state index is 0.0948. The zero-order chi connectivity index (χ0) is 13.2. The lowest BCUT2D eigenvalue weighted by Crippen LogP contribution is -2.46. The highest BCUT2D eigenvalue weighted by Gasteiger charge is 2.39. The highest BCUT2D eigenvalue weighted by Crippen LogP contribution is 2.35. The van der Waals surface area contributed by atoms with Crippen LogP contribution in [0.2, 0.25) is 5.02 Å². The number of nitrogens with zero attached hydrogens (tertiary/aromatic N) is 1. The Balaban J connectivity index is 1.51. The van der Waals surface area contributed by atoms with E-state index in [0.717, 1.165) is 25.1 Å². The molecule has 4 heteroatoms. The molecule has 2 fully saturated rings. The summed E-state index contributed by atoms with van der Waals surface area (Å²) in [5.74, 6) is 0.830. The summed E-state index contributed by atoms with van der Waals surface area (Å²) in [6, 6.07) is 8.63. The lowest BCUT2D eigenvalue weighted by molar-refractivity contribution is 0.0288. The monoisotopic (exact) mass is 281 g/mol. The summed E-state index contributed by atoms with van der Waals surface area (Å²) >= 11 is 5.93. The van der Waals surface area contributed by atoms with Crippen LogP contribution in [0.4, 0.5) is 0 Å². The highest BCUT2D eigenvalue weighted by atomic mass is 35.5. The van der Waals surface area contributed by atoms with Gasteiger partial charge in [-0.15, -0.1) is 0 Å². The Morgan fingerprint density at radius 2 is 2.00 bits per heavy atom. The maximum atomic E-state index is 9.77. The molecule has 19 heavy (non-hydrogen) atoms. The van der Waals surface area contributed by atoms with Crippen molar-refractivity contribution in [2.24, 2.45) is 0 Å². The highest BCUT2D eigenvalue weighted by molar-refractivity contribution is 6.30. The molecule has 0 spiro atoms. The van der Waals surface area contributed by atoms with Crippen LogP contribution in [0.15, 0.2) is 24.3 Å². The molecular formula is C15H20ClNO2. The summed E-state index contributed by atoms with van der Waals surface area (Å²) in [6.45, 7) is 1.62. The van der Waals surface area contributed by atoms with Gasteiger partial charge < -0.3 is 9.84 Å². The summed E-state index contributed by atoms with van der Waals surface area (Å²) in [4.78, 5) is 2.51. The van der Waals surface area contributed by atoms with Gasteiger partial charge in [-0.3, -0.25) is 4.90 Å². The lowest BCUT2D eigenvalue weighted by Gasteiger charge is -2.36. The first kappa shape index (κ1) is 13.2. The molecule has 2 heterocycles. The molecule has 1 N–H and O–H groups in total. The fourth-order valence-corrected chi connectivity index (χ4v) is 3.62. The van der Waals surface area contributed by atoms with Gasteiger partial charge in [0.15, 0.2) is 0 Å². The van der Waals surface area contributed by atoms with E-state index in [2.05, 4.69) is 4.90 Å². The van der Waals surface area contributed by atoms with Gasteiger partial charge in [-0.05, 0) is 43.9 Å². The van der Waals surface area contributed by atoms with Gasteiger partial charge in [0.25, 0.3) is 0 Å². The molecule has 3 nitrogen and oxygen atoms in total. The van der Waals surface area contributed by atoms with Crippen LogP contribution in [-0.2, 0) is 0 Å². The van der Waals surface area contributed by atoms with Gasteiger partial charge in [0.1, 0.15) is 12.4 Å². The van der Waals surface area contributed by atoms with Crippen molar-refractivity contribution in [3.05, 3.63) is 29.3 Å². The smallest absolute Gasteiger partial charge is 0.120 e. The predicted molar refractivity (Wildman–Crippen MR) is 75.7 cm³/mol. The number of fused-ring (bicyclic) bond motifs is 2. The minimum Gasteiger partial charge on any atom is -0.492 e. The normalized spacial score (nSPS) is 30.5. The average Bonchev–Trinajstić information content (AvgIpc) is 2.62. The van der Waals surface area contributed by atoms with Gasteiger partial charge >= 0.3 is 0 Å². The quantitative estimate of drug-likeness (QED) is 0.921. The Morgan fingerprint density at radius 3 is 2.68 bits per heavy atom. The maximum absolute atomic E-state index is 9.77. The Hall–Kier alpha value is -0.770. The van der Waals surface area contributed by atoms with Crippen LogP contribution in [-0.4, -0.2) is 41.3 Å². The predicted octanol–water partition coefficient (Wildman–Crippen LogP) is 2.71. The van der Waals surface area contributed by atoms with Gasteiger partial charge in [-0.1, -0.05) is 17.7 Å². The second-order valence-electron chi connectivity index (χ2n) is 5.55. The van der Waals surface area contributed by atoms with Crippen molar-refractivity contribution in [2.45, 2.75) is 43.9 Å². The zero-order valence-electron chi connectivity index (χ0n) is 11.0. The van der Waals surface area contributed by atoms with Crippen LogP contribution < -0.4 is 4.74 Å². The fraction of sp³-hybridized carbons (Fsp3) is 0.600. The summed E-state index contributed by atoms with van der Waals surface area (Å²) < 4.78 is 5.75. The molecule has 3 rings (SSSR count). The van der Waals surface area contributed by atoms with E-state index in [1.54, 1.807) is 0 Å². The second-order valence-corrected chi connectivity index (χ2v) is 5.99. The number of hydrogen-bond acceptors (Lipinski definition) is 3. The van der Waals surface area contributed by atoms with Gasteiger partial charge in [0.2, 0.25) is 0 Å². The van der Waals surface area contributed by atoms with Crippen LogP contribution in [0, 0.1) is 0 Å². The fourth-order valence-electron chi connectivity index (χ4n) is 3.44. The molecule has 104 valence electrons. The third-order valence-corrected chi connectivity index (χ3v) is 4.51. The third-order valence-electron chi connectivity index (χ3n) is 4.27. The summed E-state index contributed by atoms with van der Waals surface area (Å²) in [7, 11) is 0. The van der Waals surface area contributed by atoms with Crippen molar-refractivity contribution in [3.8, 4) is 5.75 Å². The van der Waals surface area contributed by atoms with E-state index in [1.807, 2.05) is 24.3 Å². The Bertz CT molecular complexity index is 426. The first-order valence-corrected chi connectivity index (χ1v) is 7.42. The van der Waals surface area contributed by atoms with Gasteiger partial charge in [0.05, 0.1) is 6.10 Å². The number of rotatable bonds is 4. The molecule has 2 bridgehead atoms. The van der Waals surface area contributed by atoms with Gasteiger partial charge in [0, 0.05) is 23.7 Å². The molecule has 2 aliphatic heterocycles. The number of aliphatic hydroxyl groups is 1.